The van der Waals surface area contributed by atoms with Crippen LogP contribution >= 0.6 is 0 Å². The average molecular weight is 406 g/mol. The number of carbonyl (C=O) groups is 2. The van der Waals surface area contributed by atoms with Crippen molar-refractivity contribution < 1.29 is 18.7 Å². The molecule has 1 aromatic heterocycles. The minimum atomic E-state index is -0.892. The summed E-state index contributed by atoms with van der Waals surface area (Å²) in [6, 6.07) is 18.6. The summed E-state index contributed by atoms with van der Waals surface area (Å²) >= 11 is 0. The van der Waals surface area contributed by atoms with Gasteiger partial charge in [-0.05, 0) is 62.7 Å². The molecule has 0 spiro atoms. The second-order valence-corrected chi connectivity index (χ2v) is 7.90. The number of ether oxygens (including phenoxy) is 1. The van der Waals surface area contributed by atoms with Crippen LogP contribution < -0.4 is 15.0 Å². The summed E-state index contributed by atoms with van der Waals surface area (Å²) in [6.45, 7) is 5.71. The number of nitrogens with zero attached hydrogens (tertiary/aromatic N) is 1. The molecule has 2 aromatic carbocycles. The minimum Gasteiger partial charge on any atom is -0.497 e. The Bertz CT molecular complexity index is 974. The Morgan fingerprint density at radius 1 is 0.967 bits per heavy atom. The summed E-state index contributed by atoms with van der Waals surface area (Å²) in [5.74, 6) is 0.0994. The molecular weight excluding hydrogens is 380 g/mol. The van der Waals surface area contributed by atoms with E-state index in [-0.39, 0.29) is 11.7 Å². The number of methoxy groups -OCH3 is 1. The van der Waals surface area contributed by atoms with Gasteiger partial charge < -0.3 is 14.5 Å². The molecule has 0 aliphatic carbocycles. The van der Waals surface area contributed by atoms with Crippen LogP contribution in [-0.2, 0) is 4.79 Å². The SMILES string of the molecule is COc1ccc(N(C(=O)c2ccco2)[C@@H](C(=O)NC(C)(C)C)c2ccccc2)cc1. The van der Waals surface area contributed by atoms with Crippen LogP contribution in [0.1, 0.15) is 42.9 Å². The number of amides is 2. The Morgan fingerprint density at radius 2 is 1.63 bits per heavy atom. The van der Waals surface area contributed by atoms with E-state index in [2.05, 4.69) is 5.32 Å². The summed E-state index contributed by atoms with van der Waals surface area (Å²) in [5, 5.41) is 3.00. The maximum atomic E-state index is 13.5. The first-order valence-corrected chi connectivity index (χ1v) is 9.68. The average Bonchev–Trinajstić information content (AvgIpc) is 3.26. The number of benzene rings is 2. The molecule has 2 amide bonds. The molecule has 1 atom stereocenters. The molecule has 1 heterocycles. The number of carbonyl (C=O) groups excluding carboxylic acids is 2. The normalized spacial score (nSPS) is 12.1. The van der Waals surface area contributed by atoms with Gasteiger partial charge >= 0.3 is 0 Å². The molecular formula is C24H26N2O4. The van der Waals surface area contributed by atoms with E-state index in [9.17, 15) is 9.59 Å². The Kier molecular flexibility index (Phi) is 6.26. The van der Waals surface area contributed by atoms with Gasteiger partial charge in [0.25, 0.3) is 5.91 Å². The van der Waals surface area contributed by atoms with Crippen LogP contribution in [-0.4, -0.2) is 24.5 Å². The van der Waals surface area contributed by atoms with Gasteiger partial charge in [-0.15, -0.1) is 0 Å². The van der Waals surface area contributed by atoms with Crippen LogP contribution in [0.2, 0.25) is 0 Å². The van der Waals surface area contributed by atoms with Gasteiger partial charge in [0.2, 0.25) is 5.91 Å². The summed E-state index contributed by atoms with van der Waals surface area (Å²) in [7, 11) is 1.57. The number of anilines is 1. The standard InChI is InChI=1S/C24H26N2O4/c1-24(2,3)25-22(27)21(17-9-6-5-7-10-17)26(23(28)20-11-8-16-30-20)18-12-14-19(29-4)15-13-18/h5-16,21H,1-4H3,(H,25,27)/t21-/m1/s1. The van der Waals surface area contributed by atoms with Crippen LogP contribution in [0.3, 0.4) is 0 Å². The lowest BCUT2D eigenvalue weighted by Gasteiger charge is -2.33. The number of hydrogen-bond donors (Lipinski definition) is 1. The lowest BCUT2D eigenvalue weighted by molar-refractivity contribution is -0.123. The van der Waals surface area contributed by atoms with Crippen molar-refractivity contribution in [3.05, 3.63) is 84.3 Å². The third kappa shape index (κ3) is 4.89. The van der Waals surface area contributed by atoms with Gasteiger partial charge in [-0.2, -0.15) is 0 Å². The van der Waals surface area contributed by atoms with Crippen LogP contribution in [0.4, 0.5) is 5.69 Å². The fourth-order valence-electron chi connectivity index (χ4n) is 3.14. The molecule has 0 aliphatic rings. The summed E-state index contributed by atoms with van der Waals surface area (Å²) in [6.07, 6.45) is 1.44. The van der Waals surface area contributed by atoms with Gasteiger partial charge in [0.05, 0.1) is 13.4 Å². The lowest BCUT2D eigenvalue weighted by atomic mass is 10.0. The van der Waals surface area contributed by atoms with Crippen molar-refractivity contribution in [1.29, 1.82) is 0 Å². The van der Waals surface area contributed by atoms with Gasteiger partial charge in [0.1, 0.15) is 11.8 Å². The smallest absolute Gasteiger partial charge is 0.294 e. The molecule has 0 bridgehead atoms. The first kappa shape index (κ1) is 21.2. The molecule has 0 radical (unpaired) electrons. The molecule has 1 N–H and O–H groups in total. The Morgan fingerprint density at radius 3 is 2.17 bits per heavy atom. The first-order chi connectivity index (χ1) is 14.3. The highest BCUT2D eigenvalue weighted by molar-refractivity contribution is 6.08. The van der Waals surface area contributed by atoms with E-state index >= 15 is 0 Å². The number of nitrogens with one attached hydrogen (secondary N) is 1. The molecule has 0 fully saturated rings. The van der Waals surface area contributed by atoms with E-state index in [1.165, 1.54) is 11.2 Å². The van der Waals surface area contributed by atoms with Gasteiger partial charge in [0, 0.05) is 11.2 Å². The van der Waals surface area contributed by atoms with Crippen molar-refractivity contribution in [3.8, 4) is 5.75 Å². The molecule has 6 nitrogen and oxygen atoms in total. The summed E-state index contributed by atoms with van der Waals surface area (Å²) in [5.41, 5.74) is 0.772. The summed E-state index contributed by atoms with van der Waals surface area (Å²) < 4.78 is 10.6. The van der Waals surface area contributed by atoms with Gasteiger partial charge in [0.15, 0.2) is 5.76 Å². The molecule has 0 saturated carbocycles. The zero-order chi connectivity index (χ0) is 21.7. The number of furan rings is 1. The maximum absolute atomic E-state index is 13.5. The molecule has 3 rings (SSSR count). The number of hydrogen-bond acceptors (Lipinski definition) is 4. The zero-order valence-electron chi connectivity index (χ0n) is 17.6. The van der Waals surface area contributed by atoms with E-state index in [0.29, 0.717) is 17.0 Å². The van der Waals surface area contributed by atoms with Gasteiger partial charge in [-0.3, -0.25) is 14.5 Å². The summed E-state index contributed by atoms with van der Waals surface area (Å²) in [4.78, 5) is 28.3. The van der Waals surface area contributed by atoms with Crippen LogP contribution in [0.15, 0.2) is 77.4 Å². The van der Waals surface area contributed by atoms with E-state index in [1.54, 1.807) is 43.5 Å². The largest absolute Gasteiger partial charge is 0.497 e. The zero-order valence-corrected chi connectivity index (χ0v) is 17.6. The van der Waals surface area contributed by atoms with Crippen molar-refractivity contribution in [2.45, 2.75) is 32.4 Å². The quantitative estimate of drug-likeness (QED) is 0.650. The maximum Gasteiger partial charge on any atom is 0.294 e. The highest BCUT2D eigenvalue weighted by Gasteiger charge is 2.35. The highest BCUT2D eigenvalue weighted by atomic mass is 16.5. The van der Waals surface area contributed by atoms with Crippen molar-refractivity contribution >= 4 is 17.5 Å². The highest BCUT2D eigenvalue weighted by Crippen LogP contribution is 2.31. The predicted molar refractivity (Wildman–Crippen MR) is 116 cm³/mol. The Labute approximate surface area is 176 Å². The second-order valence-electron chi connectivity index (χ2n) is 7.90. The Hall–Kier alpha value is -3.54. The fraction of sp³-hybridized carbons (Fsp3) is 0.250. The number of rotatable bonds is 6. The molecule has 0 unspecified atom stereocenters. The van der Waals surface area contributed by atoms with Crippen molar-refractivity contribution in [2.75, 3.05) is 12.0 Å². The third-order valence-corrected chi connectivity index (χ3v) is 4.42. The third-order valence-electron chi connectivity index (χ3n) is 4.42. The first-order valence-electron chi connectivity index (χ1n) is 9.68. The van der Waals surface area contributed by atoms with Crippen LogP contribution in [0, 0.1) is 0 Å². The second kappa shape index (κ2) is 8.86. The van der Waals surface area contributed by atoms with Crippen molar-refractivity contribution in [1.82, 2.24) is 5.32 Å². The molecule has 30 heavy (non-hydrogen) atoms. The van der Waals surface area contributed by atoms with E-state index in [0.717, 1.165) is 0 Å². The minimum absolute atomic E-state index is 0.148. The molecule has 3 aromatic rings. The Balaban J connectivity index is 2.14. The molecule has 156 valence electrons. The molecule has 0 aliphatic heterocycles. The van der Waals surface area contributed by atoms with Crippen molar-refractivity contribution in [3.63, 3.8) is 0 Å². The molecule has 6 heteroatoms. The fourth-order valence-corrected chi connectivity index (χ4v) is 3.14. The van der Waals surface area contributed by atoms with Gasteiger partial charge in [-0.1, -0.05) is 30.3 Å². The van der Waals surface area contributed by atoms with Crippen molar-refractivity contribution in [2.24, 2.45) is 0 Å². The molecule has 0 saturated heterocycles. The van der Waals surface area contributed by atoms with E-state index < -0.39 is 17.5 Å². The van der Waals surface area contributed by atoms with Gasteiger partial charge in [-0.25, -0.2) is 0 Å². The predicted octanol–water partition coefficient (Wildman–Crippen LogP) is 4.59. The topological polar surface area (TPSA) is 71.8 Å². The van der Waals surface area contributed by atoms with Crippen LogP contribution in [0.5, 0.6) is 5.75 Å². The van der Waals surface area contributed by atoms with Crippen LogP contribution in [0.25, 0.3) is 0 Å². The monoisotopic (exact) mass is 406 g/mol. The van der Waals surface area contributed by atoms with E-state index in [1.807, 2.05) is 51.1 Å². The van der Waals surface area contributed by atoms with E-state index in [4.69, 9.17) is 9.15 Å². The lowest BCUT2D eigenvalue weighted by Crippen LogP contribution is -2.49.